The number of hydrogen-bond donors (Lipinski definition) is 11. The summed E-state index contributed by atoms with van der Waals surface area (Å²) in [5, 5.41) is 56.3. The third kappa shape index (κ3) is 17.5. The van der Waals surface area contributed by atoms with Crippen molar-refractivity contribution in [3.8, 4) is 11.5 Å². The van der Waals surface area contributed by atoms with Gasteiger partial charge in [-0.3, -0.25) is 42.9 Å². The molecular weight excluding hydrogens is 1070 g/mol. The first kappa shape index (κ1) is 62.9. The fourth-order valence-corrected chi connectivity index (χ4v) is 9.06. The number of likely N-dealkylation sites (N-methyl/N-ethyl adjacent to an activating group) is 1. The SMILES string of the molecule is C/C=C1\NC(=O)C(NC(=O)C(CCc2ccc(O)cc2)NC(=O)C(C)NC(=O)C(O)COS(=O)(=O)O)C(C)OC(=O)C(C(C)C)NC(=O)C(Cc2ccc(O)cc2)N(C)C(=O)C(Cc2ccccc2)N2C(=O)C(CCC2O)NC1=O. The fourth-order valence-electron chi connectivity index (χ4n) is 8.76. The van der Waals surface area contributed by atoms with E-state index >= 15 is 4.79 Å². The molecule has 2 aliphatic rings. The van der Waals surface area contributed by atoms with Gasteiger partial charge in [-0.25, -0.2) is 8.98 Å². The van der Waals surface area contributed by atoms with Crippen molar-refractivity contribution < 1.29 is 85.5 Å². The van der Waals surface area contributed by atoms with Gasteiger partial charge in [0.05, 0.1) is 0 Å². The topological polar surface area (TPSA) is 386 Å². The Bertz CT molecular complexity index is 2870. The van der Waals surface area contributed by atoms with Gasteiger partial charge in [-0.05, 0) is 93.3 Å². The third-order valence-electron chi connectivity index (χ3n) is 13.4. The van der Waals surface area contributed by atoms with Crippen LogP contribution in [0.15, 0.2) is 90.6 Å². The van der Waals surface area contributed by atoms with E-state index in [1.54, 1.807) is 44.2 Å². The predicted octanol–water partition coefficient (Wildman–Crippen LogP) is -1.10. The minimum atomic E-state index is -5.06. The number of rotatable bonds is 17. The third-order valence-corrected chi connectivity index (χ3v) is 13.8. The number of aromatic hydroxyl groups is 2. The number of phenols is 2. The number of carbonyl (C=O) groups excluding carboxylic acids is 9. The number of aliphatic hydroxyl groups excluding tert-OH is 2. The zero-order valence-corrected chi connectivity index (χ0v) is 45.5. The van der Waals surface area contributed by atoms with Crippen molar-refractivity contribution >= 4 is 63.6 Å². The van der Waals surface area contributed by atoms with Crippen LogP contribution in [0.1, 0.15) is 70.6 Å². The molecule has 2 saturated heterocycles. The molecule has 2 heterocycles. The van der Waals surface area contributed by atoms with Crippen LogP contribution in [0.25, 0.3) is 0 Å². The number of phenolic OH excluding ortho intramolecular Hbond substituents is 2. The van der Waals surface area contributed by atoms with Crippen LogP contribution in [0.2, 0.25) is 0 Å². The summed E-state index contributed by atoms with van der Waals surface area (Å²) in [6, 6.07) is 9.14. The molecule has 10 unspecified atom stereocenters. The largest absolute Gasteiger partial charge is 0.508 e. The molecule has 0 aliphatic carbocycles. The van der Waals surface area contributed by atoms with E-state index in [0.717, 1.165) is 16.7 Å². The summed E-state index contributed by atoms with van der Waals surface area (Å²) in [5.41, 5.74) is 1.11. The Morgan fingerprint density at radius 3 is 1.96 bits per heavy atom. The standard InChI is InChI=1S/C53H68N8O18S/c1-7-36-46(67)57-38-23-24-42(65)61(51(38)72)40(26-32-11-9-8-10-12-32)52(73)60(6)39(25-33-15-20-35(63)21-16-33)48(69)58-43(28(2)3)53(74)79-30(5)44(50(71)55-36)59-47(68)37(22-17-31-13-18-34(62)19-14-31)56-45(66)29(4)54-49(70)41(64)27-78-80(75,76)77/h7-16,18-21,28-30,37-44,62-65H,17,22-27H2,1-6H3,(H,54,70)(H,55,71)(H,56,66)(H,57,67)(H,58,69)(H,59,68)(H,75,76,77)/b36-7-. The molecule has 0 radical (unpaired) electrons. The van der Waals surface area contributed by atoms with Gasteiger partial charge in [-0.2, -0.15) is 8.42 Å². The van der Waals surface area contributed by atoms with Crippen molar-refractivity contribution in [2.24, 2.45) is 5.92 Å². The number of esters is 1. The number of carbonyl (C=O) groups is 9. The fraction of sp³-hybridized carbons (Fsp3) is 0.453. The van der Waals surface area contributed by atoms with E-state index in [9.17, 15) is 67.2 Å². The van der Waals surface area contributed by atoms with Crippen LogP contribution in [0.5, 0.6) is 11.5 Å². The minimum Gasteiger partial charge on any atom is -0.508 e. The van der Waals surface area contributed by atoms with Crippen molar-refractivity contribution in [1.29, 1.82) is 0 Å². The van der Waals surface area contributed by atoms with Gasteiger partial charge >= 0.3 is 16.4 Å². The lowest BCUT2D eigenvalue weighted by molar-refractivity contribution is -0.165. The van der Waals surface area contributed by atoms with Gasteiger partial charge in [0, 0.05) is 19.9 Å². The summed E-state index contributed by atoms with van der Waals surface area (Å²) in [4.78, 5) is 130. The van der Waals surface area contributed by atoms with Crippen molar-refractivity contribution in [3.05, 3.63) is 107 Å². The summed E-state index contributed by atoms with van der Waals surface area (Å²) in [6.45, 7) is 5.63. The number of aryl methyl sites for hydroxylation is 1. The van der Waals surface area contributed by atoms with Crippen LogP contribution < -0.4 is 31.9 Å². The lowest BCUT2D eigenvalue weighted by atomic mass is 9.95. The highest BCUT2D eigenvalue weighted by Crippen LogP contribution is 2.26. The Hall–Kier alpha value is -7.98. The molecule has 434 valence electrons. The molecule has 0 aromatic heterocycles. The minimum absolute atomic E-state index is 0.0288. The normalized spacial score (nSPS) is 23.5. The zero-order chi connectivity index (χ0) is 59.2. The molecule has 2 aliphatic heterocycles. The molecule has 0 spiro atoms. The van der Waals surface area contributed by atoms with Gasteiger partial charge < -0.3 is 66.9 Å². The molecular formula is C53H68N8O18S. The van der Waals surface area contributed by atoms with E-state index < -0.39 is 143 Å². The maximum atomic E-state index is 15.1. The second-order valence-electron chi connectivity index (χ2n) is 19.6. The molecule has 2 bridgehead atoms. The van der Waals surface area contributed by atoms with Gasteiger partial charge in [0.1, 0.15) is 78.4 Å². The second kappa shape index (κ2) is 28.3. The molecule has 8 amide bonds. The quantitative estimate of drug-likeness (QED) is 0.0434. The van der Waals surface area contributed by atoms with Gasteiger partial charge in [0.15, 0.2) is 6.10 Å². The molecule has 27 heteroatoms. The first-order valence-electron chi connectivity index (χ1n) is 25.5. The van der Waals surface area contributed by atoms with E-state index in [0.29, 0.717) is 16.7 Å². The maximum Gasteiger partial charge on any atom is 0.397 e. The highest BCUT2D eigenvalue weighted by molar-refractivity contribution is 7.80. The van der Waals surface area contributed by atoms with Crippen LogP contribution in [0.3, 0.4) is 0 Å². The number of amides is 8. The zero-order valence-electron chi connectivity index (χ0n) is 44.7. The van der Waals surface area contributed by atoms with Gasteiger partial charge in [-0.15, -0.1) is 0 Å². The van der Waals surface area contributed by atoms with Gasteiger partial charge in [0.25, 0.3) is 17.7 Å². The number of aliphatic hydroxyl groups is 2. The number of benzene rings is 3. The summed E-state index contributed by atoms with van der Waals surface area (Å²) < 4.78 is 40.7. The van der Waals surface area contributed by atoms with Crippen LogP contribution in [-0.4, -0.2) is 171 Å². The van der Waals surface area contributed by atoms with Gasteiger partial charge in [0.2, 0.25) is 29.5 Å². The first-order chi connectivity index (χ1) is 37.7. The van der Waals surface area contributed by atoms with E-state index in [2.05, 4.69) is 36.1 Å². The summed E-state index contributed by atoms with van der Waals surface area (Å²) in [7, 11) is -3.75. The molecule has 5 rings (SSSR count). The molecule has 10 atom stereocenters. The van der Waals surface area contributed by atoms with Crippen LogP contribution in [0.4, 0.5) is 0 Å². The number of piperidine rings is 1. The van der Waals surface area contributed by atoms with Crippen molar-refractivity contribution in [1.82, 2.24) is 41.7 Å². The summed E-state index contributed by atoms with van der Waals surface area (Å²) in [6.07, 6.45) is -5.11. The van der Waals surface area contributed by atoms with Crippen molar-refractivity contribution in [2.75, 3.05) is 13.7 Å². The maximum absolute atomic E-state index is 15.1. The summed E-state index contributed by atoms with van der Waals surface area (Å²) in [5.74, 6) is -10.3. The number of ether oxygens (including phenoxy) is 1. The highest BCUT2D eigenvalue weighted by atomic mass is 32.3. The molecule has 2 fully saturated rings. The smallest absolute Gasteiger partial charge is 0.397 e. The average Bonchev–Trinajstić information content (AvgIpc) is 3.45. The molecule has 3 aromatic rings. The van der Waals surface area contributed by atoms with Gasteiger partial charge in [-0.1, -0.05) is 74.5 Å². The number of allylic oxidation sites excluding steroid dienone is 1. The van der Waals surface area contributed by atoms with E-state index in [-0.39, 0.29) is 50.0 Å². The number of cyclic esters (lactones) is 1. The van der Waals surface area contributed by atoms with Crippen LogP contribution in [0, 0.1) is 5.92 Å². The monoisotopic (exact) mass is 1140 g/mol. The number of nitrogens with one attached hydrogen (secondary N) is 6. The number of hydrogen-bond acceptors (Lipinski definition) is 17. The second-order valence-corrected chi connectivity index (χ2v) is 20.7. The number of fused-ring (bicyclic) bond motifs is 2. The highest BCUT2D eigenvalue weighted by Gasteiger charge is 2.45. The Labute approximate surface area is 461 Å². The number of nitrogens with zero attached hydrogens (tertiary/aromatic N) is 2. The molecule has 26 nitrogen and oxygen atoms in total. The summed E-state index contributed by atoms with van der Waals surface area (Å²) >= 11 is 0. The van der Waals surface area contributed by atoms with Crippen LogP contribution >= 0.6 is 0 Å². The predicted molar refractivity (Wildman–Crippen MR) is 282 cm³/mol. The molecule has 3 aromatic carbocycles. The lowest BCUT2D eigenvalue weighted by Gasteiger charge is -2.43. The Balaban J connectivity index is 1.55. The molecule has 80 heavy (non-hydrogen) atoms. The first-order valence-corrected chi connectivity index (χ1v) is 26.9. The van der Waals surface area contributed by atoms with Crippen molar-refractivity contribution in [3.63, 3.8) is 0 Å². The molecule has 0 saturated carbocycles. The van der Waals surface area contributed by atoms with E-state index in [4.69, 9.17) is 9.29 Å². The average molecular weight is 1140 g/mol. The lowest BCUT2D eigenvalue weighted by Crippen LogP contribution is -2.64. The Morgan fingerprint density at radius 2 is 1.38 bits per heavy atom. The van der Waals surface area contributed by atoms with E-state index in [1.807, 2.05) is 0 Å². The Morgan fingerprint density at radius 1 is 0.787 bits per heavy atom. The van der Waals surface area contributed by atoms with Crippen molar-refractivity contribution in [2.45, 2.75) is 134 Å². The van der Waals surface area contributed by atoms with E-state index in [1.165, 1.54) is 75.5 Å². The Kier molecular flexibility index (Phi) is 22.2. The van der Waals surface area contributed by atoms with Crippen LogP contribution in [-0.2, 0) is 81.7 Å². The molecule has 11 N–H and O–H groups in total.